The summed E-state index contributed by atoms with van der Waals surface area (Å²) in [5.41, 5.74) is 6.08. The Morgan fingerprint density at radius 3 is 2.40 bits per heavy atom. The van der Waals surface area contributed by atoms with Crippen LogP contribution in [0.15, 0.2) is 0 Å². The third kappa shape index (κ3) is 4.12. The average molecular weight is 212 g/mol. The highest BCUT2D eigenvalue weighted by Crippen LogP contribution is 2.24. The van der Waals surface area contributed by atoms with E-state index in [0.29, 0.717) is 12.1 Å². The predicted molar refractivity (Wildman–Crippen MR) is 66.9 cm³/mol. The van der Waals surface area contributed by atoms with Gasteiger partial charge in [0, 0.05) is 18.6 Å². The van der Waals surface area contributed by atoms with Crippen molar-refractivity contribution >= 4 is 0 Å². The van der Waals surface area contributed by atoms with E-state index >= 15 is 0 Å². The van der Waals surface area contributed by atoms with E-state index in [1.807, 2.05) is 0 Å². The highest BCUT2D eigenvalue weighted by Gasteiger charge is 2.20. The van der Waals surface area contributed by atoms with Gasteiger partial charge in [0.1, 0.15) is 0 Å². The zero-order chi connectivity index (χ0) is 11.3. The molecule has 0 bridgehead atoms. The molecule has 1 fully saturated rings. The van der Waals surface area contributed by atoms with Crippen LogP contribution in [-0.4, -0.2) is 30.6 Å². The monoisotopic (exact) mass is 212 g/mol. The van der Waals surface area contributed by atoms with Gasteiger partial charge in [0.05, 0.1) is 0 Å². The van der Waals surface area contributed by atoms with Crippen LogP contribution < -0.4 is 5.73 Å². The minimum Gasteiger partial charge on any atom is -0.326 e. The Morgan fingerprint density at radius 2 is 1.87 bits per heavy atom. The van der Waals surface area contributed by atoms with Gasteiger partial charge in [-0.2, -0.15) is 0 Å². The second-order valence-corrected chi connectivity index (χ2v) is 5.26. The molecule has 90 valence electrons. The Kier molecular flexibility index (Phi) is 5.62. The minimum absolute atomic E-state index is 0.332. The number of hydrogen-bond acceptors (Lipinski definition) is 2. The molecular weight excluding hydrogens is 184 g/mol. The highest BCUT2D eigenvalue weighted by molar-refractivity contribution is 4.78. The molecule has 2 heteroatoms. The van der Waals surface area contributed by atoms with Crippen LogP contribution in [0.3, 0.4) is 0 Å². The number of nitrogens with two attached hydrogens (primary N) is 1. The number of hydrogen-bond donors (Lipinski definition) is 1. The van der Waals surface area contributed by atoms with Crippen molar-refractivity contribution in [2.75, 3.05) is 13.6 Å². The summed E-state index contributed by atoms with van der Waals surface area (Å²) in [6, 6.07) is 0.857. The van der Waals surface area contributed by atoms with Crippen LogP contribution >= 0.6 is 0 Å². The van der Waals surface area contributed by atoms with Crippen molar-refractivity contribution in [3.8, 4) is 0 Å². The molecule has 1 saturated carbocycles. The van der Waals surface area contributed by atoms with Crippen LogP contribution in [0, 0.1) is 5.92 Å². The standard InChI is InChI=1S/C13H28N2/c1-4-13(14)11(2)15(3)10-12-8-6-5-7-9-12/h11-13H,4-10,14H2,1-3H3. The lowest BCUT2D eigenvalue weighted by molar-refractivity contribution is 0.171. The van der Waals surface area contributed by atoms with Crippen molar-refractivity contribution in [3.05, 3.63) is 0 Å². The van der Waals surface area contributed by atoms with E-state index in [9.17, 15) is 0 Å². The van der Waals surface area contributed by atoms with E-state index in [0.717, 1.165) is 12.3 Å². The lowest BCUT2D eigenvalue weighted by Gasteiger charge is -2.33. The first kappa shape index (κ1) is 13.0. The third-order valence-corrected chi connectivity index (χ3v) is 4.06. The Balaban J connectivity index is 2.29. The maximum Gasteiger partial charge on any atom is 0.0215 e. The van der Waals surface area contributed by atoms with Gasteiger partial charge in [0.15, 0.2) is 0 Å². The highest BCUT2D eigenvalue weighted by atomic mass is 15.1. The Bertz CT molecular complexity index is 164. The summed E-state index contributed by atoms with van der Waals surface area (Å²) in [5.74, 6) is 0.926. The fraction of sp³-hybridized carbons (Fsp3) is 1.00. The SMILES string of the molecule is CCC(N)C(C)N(C)CC1CCCCC1. The lowest BCUT2D eigenvalue weighted by atomic mass is 9.88. The molecule has 0 spiro atoms. The first-order valence-corrected chi connectivity index (χ1v) is 6.61. The molecule has 0 heterocycles. The van der Waals surface area contributed by atoms with Gasteiger partial charge in [-0.3, -0.25) is 0 Å². The Hall–Kier alpha value is -0.0800. The van der Waals surface area contributed by atoms with Crippen molar-refractivity contribution in [1.82, 2.24) is 4.90 Å². The molecule has 0 aromatic heterocycles. The lowest BCUT2D eigenvalue weighted by Crippen LogP contribution is -2.45. The summed E-state index contributed by atoms with van der Waals surface area (Å²) < 4.78 is 0. The zero-order valence-electron chi connectivity index (χ0n) is 10.7. The molecule has 0 amide bonds. The molecule has 0 radical (unpaired) electrons. The van der Waals surface area contributed by atoms with Crippen molar-refractivity contribution in [2.45, 2.75) is 64.5 Å². The summed E-state index contributed by atoms with van der Waals surface area (Å²) in [7, 11) is 2.23. The molecule has 0 aromatic carbocycles. The van der Waals surface area contributed by atoms with Crippen molar-refractivity contribution in [3.63, 3.8) is 0 Å². The molecule has 0 aromatic rings. The van der Waals surface area contributed by atoms with E-state index in [4.69, 9.17) is 5.73 Å². The molecule has 1 aliphatic rings. The van der Waals surface area contributed by atoms with Crippen LogP contribution in [0.5, 0.6) is 0 Å². The average Bonchev–Trinajstić information content (AvgIpc) is 2.28. The summed E-state index contributed by atoms with van der Waals surface area (Å²) >= 11 is 0. The second kappa shape index (κ2) is 6.49. The predicted octanol–water partition coefficient (Wildman–Crippen LogP) is 2.62. The van der Waals surface area contributed by atoms with Gasteiger partial charge >= 0.3 is 0 Å². The normalized spacial score (nSPS) is 23.0. The van der Waals surface area contributed by atoms with E-state index < -0.39 is 0 Å². The zero-order valence-corrected chi connectivity index (χ0v) is 10.7. The fourth-order valence-electron chi connectivity index (χ4n) is 2.61. The first-order chi connectivity index (χ1) is 7.15. The summed E-state index contributed by atoms with van der Waals surface area (Å²) in [5, 5.41) is 0. The van der Waals surface area contributed by atoms with Crippen molar-refractivity contribution in [1.29, 1.82) is 0 Å². The second-order valence-electron chi connectivity index (χ2n) is 5.26. The Morgan fingerprint density at radius 1 is 1.27 bits per heavy atom. The largest absolute Gasteiger partial charge is 0.326 e. The molecular formula is C13H28N2. The number of likely N-dealkylation sites (N-methyl/N-ethyl adjacent to an activating group) is 1. The third-order valence-electron chi connectivity index (χ3n) is 4.06. The molecule has 0 saturated heterocycles. The summed E-state index contributed by atoms with van der Waals surface area (Å²) in [4.78, 5) is 2.46. The van der Waals surface area contributed by atoms with Gasteiger partial charge in [0.2, 0.25) is 0 Å². The molecule has 2 N–H and O–H groups in total. The summed E-state index contributed by atoms with van der Waals surface area (Å²) in [6.45, 7) is 5.68. The molecule has 2 atom stereocenters. The molecule has 15 heavy (non-hydrogen) atoms. The van der Waals surface area contributed by atoms with Crippen LogP contribution in [0.4, 0.5) is 0 Å². The smallest absolute Gasteiger partial charge is 0.0215 e. The number of nitrogens with zero attached hydrogens (tertiary/aromatic N) is 1. The maximum absolute atomic E-state index is 6.08. The molecule has 2 nitrogen and oxygen atoms in total. The van der Waals surface area contributed by atoms with Gasteiger partial charge in [-0.15, -0.1) is 0 Å². The Labute approximate surface area is 95.2 Å². The molecule has 1 aliphatic carbocycles. The van der Waals surface area contributed by atoms with Crippen LogP contribution in [0.25, 0.3) is 0 Å². The minimum atomic E-state index is 0.332. The topological polar surface area (TPSA) is 29.3 Å². The van der Waals surface area contributed by atoms with Crippen LogP contribution in [0.1, 0.15) is 52.4 Å². The van der Waals surface area contributed by atoms with Crippen molar-refractivity contribution in [2.24, 2.45) is 11.7 Å². The van der Waals surface area contributed by atoms with Gasteiger partial charge in [-0.25, -0.2) is 0 Å². The van der Waals surface area contributed by atoms with E-state index in [-0.39, 0.29) is 0 Å². The van der Waals surface area contributed by atoms with Crippen LogP contribution in [-0.2, 0) is 0 Å². The van der Waals surface area contributed by atoms with Gasteiger partial charge in [0.25, 0.3) is 0 Å². The van der Waals surface area contributed by atoms with E-state index in [1.54, 1.807) is 0 Å². The van der Waals surface area contributed by atoms with Crippen molar-refractivity contribution < 1.29 is 0 Å². The maximum atomic E-state index is 6.08. The quantitative estimate of drug-likeness (QED) is 0.759. The molecule has 2 unspecified atom stereocenters. The van der Waals surface area contributed by atoms with Crippen LogP contribution in [0.2, 0.25) is 0 Å². The van der Waals surface area contributed by atoms with E-state index in [1.165, 1.54) is 38.6 Å². The summed E-state index contributed by atoms with van der Waals surface area (Å²) in [6.07, 6.45) is 8.26. The molecule has 1 rings (SSSR count). The van der Waals surface area contributed by atoms with Gasteiger partial charge in [-0.05, 0) is 39.2 Å². The molecule has 0 aliphatic heterocycles. The van der Waals surface area contributed by atoms with Gasteiger partial charge < -0.3 is 10.6 Å². The van der Waals surface area contributed by atoms with E-state index in [2.05, 4.69) is 25.8 Å². The number of rotatable bonds is 5. The first-order valence-electron chi connectivity index (χ1n) is 6.61. The fourth-order valence-corrected chi connectivity index (χ4v) is 2.61. The van der Waals surface area contributed by atoms with Gasteiger partial charge in [-0.1, -0.05) is 26.2 Å².